The lowest BCUT2D eigenvalue weighted by molar-refractivity contribution is -0.154. The molecule has 3 saturated carbocycles. The Balaban J connectivity index is 1.41. The Morgan fingerprint density at radius 1 is 1.06 bits per heavy atom. The summed E-state index contributed by atoms with van der Waals surface area (Å²) in [5.74, 6) is -0.427. The molecule has 0 unspecified atom stereocenters. The van der Waals surface area contributed by atoms with E-state index in [0.717, 1.165) is 41.4 Å². The molecule has 1 aromatic carbocycles. The van der Waals surface area contributed by atoms with Gasteiger partial charge in [0.2, 0.25) is 5.91 Å². The van der Waals surface area contributed by atoms with E-state index >= 15 is 0 Å². The van der Waals surface area contributed by atoms with E-state index < -0.39 is 15.8 Å². The largest absolute Gasteiger partial charge is 0.466 e. The van der Waals surface area contributed by atoms with Crippen molar-refractivity contribution in [2.24, 2.45) is 17.8 Å². The van der Waals surface area contributed by atoms with Gasteiger partial charge in [-0.3, -0.25) is 9.59 Å². The number of benzene rings is 1. The third kappa shape index (κ3) is 5.39. The zero-order valence-electron chi connectivity index (χ0n) is 26.1. The first-order valence-electron chi connectivity index (χ1n) is 15.6. The van der Waals surface area contributed by atoms with Gasteiger partial charge in [-0.05, 0) is 81.7 Å². The highest BCUT2D eigenvalue weighted by molar-refractivity contribution is 7.90. The van der Waals surface area contributed by atoms with Crippen molar-refractivity contribution in [3.05, 3.63) is 66.2 Å². The van der Waals surface area contributed by atoms with Crippen molar-refractivity contribution < 1.29 is 27.1 Å². The van der Waals surface area contributed by atoms with Gasteiger partial charge in [-0.1, -0.05) is 17.7 Å². The fourth-order valence-corrected chi connectivity index (χ4v) is 8.45. The second-order valence-corrected chi connectivity index (χ2v) is 14.1. The number of carbonyl (C=O) groups is 2. The highest BCUT2D eigenvalue weighted by Crippen LogP contribution is 2.47. The van der Waals surface area contributed by atoms with Crippen LogP contribution < -0.4 is 10.6 Å². The number of hydrogen-bond acceptors (Lipinski definition) is 9. The van der Waals surface area contributed by atoms with E-state index in [2.05, 4.69) is 15.6 Å². The average Bonchev–Trinajstić information content (AvgIpc) is 3.63. The fraction of sp³-hybridized carbons (Fsp3) is 0.364. The maximum absolute atomic E-state index is 14.7. The van der Waals surface area contributed by atoms with E-state index in [1.807, 2.05) is 6.92 Å². The van der Waals surface area contributed by atoms with Gasteiger partial charge in [0.15, 0.2) is 17.3 Å². The van der Waals surface area contributed by atoms with Crippen LogP contribution in [0, 0.1) is 30.5 Å². The number of nitrogens with one attached hydrogen (secondary N) is 2. The summed E-state index contributed by atoms with van der Waals surface area (Å²) in [6.07, 6.45) is 6.10. The number of aryl methyl sites for hydroxylation is 1. The van der Waals surface area contributed by atoms with Crippen molar-refractivity contribution in [1.82, 2.24) is 23.6 Å². The van der Waals surface area contributed by atoms with Crippen LogP contribution in [0.15, 0.2) is 59.8 Å². The van der Waals surface area contributed by atoms with Crippen molar-refractivity contribution >= 4 is 50.1 Å². The number of amides is 1. The molecule has 244 valence electrons. The highest BCUT2D eigenvalue weighted by atomic mass is 32.2. The number of aromatic nitrogens is 5. The van der Waals surface area contributed by atoms with E-state index in [1.165, 1.54) is 35.8 Å². The van der Waals surface area contributed by atoms with Gasteiger partial charge in [0.25, 0.3) is 10.0 Å². The van der Waals surface area contributed by atoms with Crippen molar-refractivity contribution in [2.75, 3.05) is 17.2 Å². The molecule has 3 fully saturated rings. The van der Waals surface area contributed by atoms with Gasteiger partial charge in [0, 0.05) is 30.1 Å². The molecule has 14 heteroatoms. The summed E-state index contributed by atoms with van der Waals surface area (Å²) in [5, 5.41) is 11.2. The molecule has 3 aliphatic carbocycles. The van der Waals surface area contributed by atoms with Gasteiger partial charge in [-0.2, -0.15) is 0 Å². The van der Waals surface area contributed by atoms with E-state index in [-0.39, 0.29) is 69.6 Å². The number of pyridine rings is 1. The van der Waals surface area contributed by atoms with Crippen molar-refractivity contribution in [3.8, 4) is 11.4 Å². The molecule has 2 N–H and O–H groups in total. The molecular formula is C33H34FN7O5S. The monoisotopic (exact) mass is 659 g/mol. The van der Waals surface area contributed by atoms with Gasteiger partial charge >= 0.3 is 5.97 Å². The number of carbonyl (C=O) groups excluding carboxylic acids is 2. The summed E-state index contributed by atoms with van der Waals surface area (Å²) in [6, 6.07) is 10.8. The highest BCUT2D eigenvalue weighted by Gasteiger charge is 2.48. The first kappa shape index (κ1) is 30.8. The molecule has 12 nitrogen and oxygen atoms in total. The Morgan fingerprint density at radius 2 is 1.79 bits per heavy atom. The molecular weight excluding hydrogens is 625 g/mol. The van der Waals surface area contributed by atoms with Crippen LogP contribution in [0.1, 0.15) is 45.1 Å². The fourth-order valence-electron chi connectivity index (χ4n) is 7.12. The summed E-state index contributed by atoms with van der Waals surface area (Å²) in [4.78, 5) is 34.4. The van der Waals surface area contributed by atoms with Crippen LogP contribution in [-0.2, 0) is 24.3 Å². The lowest BCUT2D eigenvalue weighted by Gasteiger charge is -2.47. The molecule has 3 aliphatic rings. The first-order valence-corrected chi connectivity index (χ1v) is 17.1. The van der Waals surface area contributed by atoms with E-state index in [9.17, 15) is 22.4 Å². The number of nitrogens with zero attached hydrogens (tertiary/aromatic N) is 5. The predicted octanol–water partition coefficient (Wildman–Crippen LogP) is 5.17. The summed E-state index contributed by atoms with van der Waals surface area (Å²) in [6.45, 7) is 5.30. The standard InChI is InChI=1S/C33H34FN7O5S/c1-4-46-33(43)28-20-7-9-21(10-8-20)29(28)37-31-26-13-14-27(36-19(3)42)41(26)39-30(38-31)25-17-40(32-24(25)15-22(34)16-35-32)47(44,45)23-11-5-18(2)6-12-23/h5-6,11-17,20-21,28-29H,4,7-10H2,1-3H3,(H,36,42)(H,37,38,39)/t20?,21?,28-,29-/m0/s1. The van der Waals surface area contributed by atoms with Crippen LogP contribution in [0.5, 0.6) is 0 Å². The van der Waals surface area contributed by atoms with Crippen molar-refractivity contribution in [1.29, 1.82) is 0 Å². The molecule has 0 aliphatic heterocycles. The third-order valence-corrected chi connectivity index (χ3v) is 11.0. The molecule has 5 aromatic rings. The number of rotatable bonds is 8. The van der Waals surface area contributed by atoms with Crippen LogP contribution >= 0.6 is 0 Å². The second kappa shape index (κ2) is 11.7. The van der Waals surface area contributed by atoms with Crippen LogP contribution in [0.25, 0.3) is 27.9 Å². The Hall–Kier alpha value is -4.85. The Morgan fingerprint density at radius 3 is 2.49 bits per heavy atom. The van der Waals surface area contributed by atoms with Crippen molar-refractivity contribution in [3.63, 3.8) is 0 Å². The third-order valence-electron chi connectivity index (χ3n) is 9.29. The molecule has 4 aromatic heterocycles. The smallest absolute Gasteiger partial charge is 0.311 e. The average molecular weight is 660 g/mol. The first-order chi connectivity index (χ1) is 22.5. The van der Waals surface area contributed by atoms with E-state index in [1.54, 1.807) is 31.2 Å². The number of hydrogen-bond donors (Lipinski definition) is 2. The topological polar surface area (TPSA) is 150 Å². The van der Waals surface area contributed by atoms with Crippen LogP contribution in [0.2, 0.25) is 0 Å². The maximum atomic E-state index is 14.7. The lowest BCUT2D eigenvalue weighted by atomic mass is 9.61. The zero-order chi connectivity index (χ0) is 33.0. The van der Waals surface area contributed by atoms with Gasteiger partial charge in [0.05, 0.1) is 23.6 Å². The van der Waals surface area contributed by atoms with Gasteiger partial charge in [-0.25, -0.2) is 31.3 Å². The van der Waals surface area contributed by atoms with Gasteiger partial charge in [-0.15, -0.1) is 5.10 Å². The molecule has 0 spiro atoms. The van der Waals surface area contributed by atoms with Gasteiger partial charge in [0.1, 0.15) is 17.2 Å². The minimum atomic E-state index is -4.15. The predicted molar refractivity (Wildman–Crippen MR) is 173 cm³/mol. The molecule has 0 saturated heterocycles. The molecule has 4 heterocycles. The quantitative estimate of drug-likeness (QED) is 0.215. The van der Waals surface area contributed by atoms with Crippen molar-refractivity contribution in [2.45, 2.75) is 57.4 Å². The minimum Gasteiger partial charge on any atom is -0.466 e. The molecule has 0 radical (unpaired) electrons. The Kier molecular flexibility index (Phi) is 7.69. The maximum Gasteiger partial charge on any atom is 0.311 e. The number of fused-ring (bicyclic) bond motifs is 5. The summed E-state index contributed by atoms with van der Waals surface area (Å²) >= 11 is 0. The molecule has 47 heavy (non-hydrogen) atoms. The Bertz CT molecular complexity index is 2140. The SMILES string of the molecule is CCOC(=O)[C@H]1C2CCC(CC2)[C@@H]1Nc1nc(-c2cn(S(=O)(=O)c3ccc(C)cc3)c3ncc(F)cc23)nn2c(NC(C)=O)ccc12. The molecule has 2 bridgehead atoms. The summed E-state index contributed by atoms with van der Waals surface area (Å²) in [7, 11) is -4.15. The number of anilines is 2. The van der Waals surface area contributed by atoms with E-state index in [0.29, 0.717) is 17.2 Å². The van der Waals surface area contributed by atoms with Crippen LogP contribution in [0.4, 0.5) is 16.0 Å². The zero-order valence-corrected chi connectivity index (χ0v) is 26.9. The van der Waals surface area contributed by atoms with Crippen LogP contribution in [0.3, 0.4) is 0 Å². The second-order valence-electron chi connectivity index (χ2n) is 12.3. The van der Waals surface area contributed by atoms with Crippen LogP contribution in [-0.4, -0.2) is 56.5 Å². The van der Waals surface area contributed by atoms with E-state index in [4.69, 9.17) is 14.8 Å². The number of halogens is 1. The number of ether oxygens (including phenoxy) is 1. The van der Waals surface area contributed by atoms with Gasteiger partial charge < -0.3 is 15.4 Å². The Labute approximate surface area is 270 Å². The normalized spacial score (nSPS) is 20.9. The minimum absolute atomic E-state index is 0.00161. The molecule has 1 amide bonds. The number of esters is 1. The molecule has 8 rings (SSSR count). The summed E-state index contributed by atoms with van der Waals surface area (Å²) < 4.78 is 50.4. The lowest BCUT2D eigenvalue weighted by Crippen LogP contribution is -2.52. The molecule has 2 atom stereocenters. The summed E-state index contributed by atoms with van der Waals surface area (Å²) in [5.41, 5.74) is 1.63.